The van der Waals surface area contributed by atoms with E-state index in [0.29, 0.717) is 24.9 Å². The number of nitrogens with one attached hydrogen (secondary N) is 2. The average molecular weight is 396 g/mol. The molecule has 7 heteroatoms. The van der Waals surface area contributed by atoms with Crippen molar-refractivity contribution in [2.24, 2.45) is 4.99 Å². The molecule has 6 nitrogen and oxygen atoms in total. The normalized spacial score (nSPS) is 11.2. The summed E-state index contributed by atoms with van der Waals surface area (Å²) in [6.45, 7) is 3.23. The fraction of sp³-hybridized carbons (Fsp3) is 0.353. The maximum absolute atomic E-state index is 5.52. The van der Waals surface area contributed by atoms with Gasteiger partial charge in [-0.15, -0.1) is 0 Å². The second-order valence-corrected chi connectivity index (χ2v) is 5.66. The van der Waals surface area contributed by atoms with E-state index in [1.165, 1.54) is 0 Å². The minimum absolute atomic E-state index is 0.593. The third-order valence-corrected chi connectivity index (χ3v) is 3.67. The van der Waals surface area contributed by atoms with Crippen LogP contribution in [0.4, 0.5) is 5.69 Å². The van der Waals surface area contributed by atoms with Gasteiger partial charge in [0.1, 0.15) is 5.76 Å². The van der Waals surface area contributed by atoms with Crippen molar-refractivity contribution in [3.63, 3.8) is 0 Å². The zero-order valence-electron chi connectivity index (χ0n) is 14.1. The van der Waals surface area contributed by atoms with Gasteiger partial charge in [-0.1, -0.05) is 0 Å². The van der Waals surface area contributed by atoms with Crippen LogP contribution in [0.5, 0.6) is 11.5 Å². The van der Waals surface area contributed by atoms with Gasteiger partial charge < -0.3 is 24.5 Å². The SMILES string of the molecule is CCOc1ccc(NC(=NC)NCCc2ccc(Br)o2)cc1OC. The van der Waals surface area contributed by atoms with E-state index in [0.717, 1.165) is 28.3 Å². The molecule has 0 aliphatic carbocycles. The smallest absolute Gasteiger partial charge is 0.195 e. The van der Waals surface area contributed by atoms with Crippen LogP contribution in [0, 0.1) is 0 Å². The topological polar surface area (TPSA) is 68.0 Å². The Morgan fingerprint density at radius 1 is 1.25 bits per heavy atom. The second kappa shape index (κ2) is 9.22. The van der Waals surface area contributed by atoms with Crippen LogP contribution in [0.25, 0.3) is 0 Å². The molecule has 0 aliphatic rings. The summed E-state index contributed by atoms with van der Waals surface area (Å²) >= 11 is 3.30. The molecule has 0 fully saturated rings. The van der Waals surface area contributed by atoms with Crippen molar-refractivity contribution >= 4 is 27.6 Å². The minimum Gasteiger partial charge on any atom is -0.493 e. The molecule has 2 rings (SSSR count). The molecule has 0 radical (unpaired) electrons. The number of guanidine groups is 1. The predicted molar refractivity (Wildman–Crippen MR) is 99.3 cm³/mol. The van der Waals surface area contributed by atoms with Gasteiger partial charge in [-0.2, -0.15) is 0 Å². The van der Waals surface area contributed by atoms with E-state index < -0.39 is 0 Å². The number of benzene rings is 1. The number of rotatable bonds is 7. The Labute approximate surface area is 150 Å². The highest BCUT2D eigenvalue weighted by atomic mass is 79.9. The van der Waals surface area contributed by atoms with Gasteiger partial charge in [0, 0.05) is 31.8 Å². The molecule has 2 aromatic rings. The monoisotopic (exact) mass is 395 g/mol. The van der Waals surface area contributed by atoms with E-state index in [-0.39, 0.29) is 0 Å². The van der Waals surface area contributed by atoms with E-state index in [4.69, 9.17) is 13.9 Å². The Kier molecular flexibility index (Phi) is 6.99. The van der Waals surface area contributed by atoms with Gasteiger partial charge >= 0.3 is 0 Å². The number of halogens is 1. The van der Waals surface area contributed by atoms with E-state index >= 15 is 0 Å². The maximum atomic E-state index is 5.52. The van der Waals surface area contributed by atoms with Crippen LogP contribution < -0.4 is 20.1 Å². The van der Waals surface area contributed by atoms with Gasteiger partial charge in [-0.3, -0.25) is 4.99 Å². The molecule has 1 aromatic carbocycles. The summed E-state index contributed by atoms with van der Waals surface area (Å²) in [6.07, 6.45) is 0.763. The van der Waals surface area contributed by atoms with Crippen LogP contribution in [0.2, 0.25) is 0 Å². The lowest BCUT2D eigenvalue weighted by atomic mass is 10.2. The zero-order chi connectivity index (χ0) is 17.4. The highest BCUT2D eigenvalue weighted by molar-refractivity contribution is 9.10. The largest absolute Gasteiger partial charge is 0.493 e. The third-order valence-electron chi connectivity index (χ3n) is 3.24. The molecule has 1 heterocycles. The predicted octanol–water partition coefficient (Wildman–Crippen LogP) is 3.68. The Bertz CT molecular complexity index is 685. The molecule has 1 aromatic heterocycles. The number of aliphatic imine (C=N–C) groups is 1. The third kappa shape index (κ3) is 5.19. The summed E-state index contributed by atoms with van der Waals surface area (Å²) in [5, 5.41) is 6.47. The van der Waals surface area contributed by atoms with Crippen LogP contribution in [0.3, 0.4) is 0 Å². The molecule has 0 amide bonds. The fourth-order valence-electron chi connectivity index (χ4n) is 2.13. The van der Waals surface area contributed by atoms with Crippen molar-refractivity contribution in [1.82, 2.24) is 5.32 Å². The highest BCUT2D eigenvalue weighted by Gasteiger charge is 2.07. The Morgan fingerprint density at radius 2 is 2.08 bits per heavy atom. The summed E-state index contributed by atoms with van der Waals surface area (Å²) in [5.41, 5.74) is 0.865. The molecule has 0 aliphatic heterocycles. The number of hydrogen-bond acceptors (Lipinski definition) is 4. The van der Waals surface area contributed by atoms with Crippen molar-refractivity contribution in [3.05, 3.63) is 40.8 Å². The lowest BCUT2D eigenvalue weighted by Gasteiger charge is -2.14. The number of hydrogen-bond donors (Lipinski definition) is 2. The van der Waals surface area contributed by atoms with Crippen molar-refractivity contribution < 1.29 is 13.9 Å². The molecule has 0 bridgehead atoms. The first-order valence-electron chi connectivity index (χ1n) is 7.69. The molecule has 0 unspecified atom stereocenters. The summed E-state index contributed by atoms with van der Waals surface area (Å²) in [5.74, 6) is 2.98. The van der Waals surface area contributed by atoms with Gasteiger partial charge in [0.05, 0.1) is 13.7 Å². The first-order chi connectivity index (χ1) is 11.7. The minimum atomic E-state index is 0.593. The van der Waals surface area contributed by atoms with Gasteiger partial charge in [-0.25, -0.2) is 0 Å². The molecule has 0 saturated carbocycles. The summed E-state index contributed by atoms with van der Waals surface area (Å²) in [7, 11) is 3.35. The zero-order valence-corrected chi connectivity index (χ0v) is 15.6. The molecule has 0 spiro atoms. The molecule has 2 N–H and O–H groups in total. The van der Waals surface area contributed by atoms with Gasteiger partial charge in [0.25, 0.3) is 0 Å². The molecule has 24 heavy (non-hydrogen) atoms. The second-order valence-electron chi connectivity index (χ2n) is 4.88. The Hall–Kier alpha value is -2.15. The summed E-state index contributed by atoms with van der Waals surface area (Å²) in [6, 6.07) is 9.50. The van der Waals surface area contributed by atoms with E-state index in [1.807, 2.05) is 37.3 Å². The molecular formula is C17H22BrN3O3. The number of nitrogens with zero attached hydrogens (tertiary/aromatic N) is 1. The standard InChI is InChI=1S/C17H22BrN3O3/c1-4-23-14-7-5-12(11-15(14)22-3)21-17(19-2)20-10-9-13-6-8-16(18)24-13/h5-8,11H,4,9-10H2,1-3H3,(H2,19,20,21). The Morgan fingerprint density at radius 3 is 2.71 bits per heavy atom. The number of anilines is 1. The van der Waals surface area contributed by atoms with Crippen LogP contribution in [-0.4, -0.2) is 33.3 Å². The van der Waals surface area contributed by atoms with Crippen molar-refractivity contribution in [1.29, 1.82) is 0 Å². The first-order valence-corrected chi connectivity index (χ1v) is 8.48. The number of ether oxygens (including phenoxy) is 2. The maximum Gasteiger partial charge on any atom is 0.195 e. The highest BCUT2D eigenvalue weighted by Crippen LogP contribution is 2.30. The number of methoxy groups -OCH3 is 1. The Balaban J connectivity index is 1.92. The van der Waals surface area contributed by atoms with Gasteiger partial charge in [-0.05, 0) is 47.1 Å². The fourth-order valence-corrected chi connectivity index (χ4v) is 2.47. The molecule has 0 saturated heterocycles. The molecule has 0 atom stereocenters. The van der Waals surface area contributed by atoms with Crippen LogP contribution >= 0.6 is 15.9 Å². The number of furan rings is 1. The van der Waals surface area contributed by atoms with Crippen LogP contribution in [0.15, 0.2) is 44.4 Å². The van der Waals surface area contributed by atoms with E-state index in [1.54, 1.807) is 14.2 Å². The van der Waals surface area contributed by atoms with Gasteiger partial charge in [0.2, 0.25) is 0 Å². The van der Waals surface area contributed by atoms with Crippen molar-refractivity contribution in [2.75, 3.05) is 32.6 Å². The quantitative estimate of drug-likeness (QED) is 0.552. The van der Waals surface area contributed by atoms with Gasteiger partial charge in [0.15, 0.2) is 22.1 Å². The van der Waals surface area contributed by atoms with Crippen molar-refractivity contribution in [3.8, 4) is 11.5 Å². The van der Waals surface area contributed by atoms with Crippen LogP contribution in [0.1, 0.15) is 12.7 Å². The lowest BCUT2D eigenvalue weighted by molar-refractivity contribution is 0.311. The summed E-state index contributed by atoms with van der Waals surface area (Å²) < 4.78 is 17.1. The molecule has 130 valence electrons. The summed E-state index contributed by atoms with van der Waals surface area (Å²) in [4.78, 5) is 4.22. The average Bonchev–Trinajstić information content (AvgIpc) is 3.00. The van der Waals surface area contributed by atoms with E-state index in [2.05, 4.69) is 31.6 Å². The first kappa shape index (κ1) is 18.2. The molecular weight excluding hydrogens is 374 g/mol. The van der Waals surface area contributed by atoms with Crippen LogP contribution in [-0.2, 0) is 6.42 Å². The van der Waals surface area contributed by atoms with Crippen molar-refractivity contribution in [2.45, 2.75) is 13.3 Å². The lowest BCUT2D eigenvalue weighted by Crippen LogP contribution is -2.32. The van der Waals surface area contributed by atoms with E-state index in [9.17, 15) is 0 Å².